The summed E-state index contributed by atoms with van der Waals surface area (Å²) in [5, 5.41) is 11.2. The number of aryl methyl sites for hydroxylation is 1. The largest absolute Gasteiger partial charge is 0.301 e. The molecule has 2 heterocycles. The molecule has 0 aliphatic carbocycles. The fourth-order valence-corrected chi connectivity index (χ4v) is 2.91. The first-order valence-electron chi connectivity index (χ1n) is 5.80. The van der Waals surface area contributed by atoms with E-state index < -0.39 is 0 Å². The zero-order valence-electron chi connectivity index (χ0n) is 10.4. The normalized spacial score (nSPS) is 10.9. The molecule has 0 saturated heterocycles. The highest BCUT2D eigenvalue weighted by Gasteiger charge is 2.10. The summed E-state index contributed by atoms with van der Waals surface area (Å²) in [6, 6.07) is 9.01. The molecule has 7 heteroatoms. The minimum Gasteiger partial charge on any atom is -0.301 e. The van der Waals surface area contributed by atoms with Crippen LogP contribution in [0.2, 0.25) is 5.15 Å². The predicted molar refractivity (Wildman–Crippen MR) is 78.3 cm³/mol. The van der Waals surface area contributed by atoms with Crippen LogP contribution in [0.4, 0.5) is 0 Å². The minimum atomic E-state index is -0.189. The summed E-state index contributed by atoms with van der Waals surface area (Å²) < 4.78 is 0. The molecule has 2 aromatic heterocycles. The number of rotatable bonds is 2. The van der Waals surface area contributed by atoms with Gasteiger partial charge in [0.05, 0.1) is 0 Å². The Morgan fingerprint density at radius 2 is 1.95 bits per heavy atom. The quantitative estimate of drug-likeness (QED) is 0.737. The molecule has 0 amide bonds. The number of H-pyrrole nitrogens is 1. The van der Waals surface area contributed by atoms with Gasteiger partial charge in [0.1, 0.15) is 5.03 Å². The van der Waals surface area contributed by atoms with E-state index in [-0.39, 0.29) is 5.56 Å². The summed E-state index contributed by atoms with van der Waals surface area (Å²) in [4.78, 5) is 18.4. The highest BCUT2D eigenvalue weighted by Crippen LogP contribution is 2.31. The Balaban J connectivity index is 2.11. The molecular formula is C13H9ClN4OS. The molecule has 1 N–H and O–H groups in total. The lowest BCUT2D eigenvalue weighted by Gasteiger charge is -2.05. The number of hydrogen-bond acceptors (Lipinski definition) is 5. The SMILES string of the molecule is Cc1cc(=O)[nH]c(Sc2nnc(Cl)c3ccccc23)n1. The van der Waals surface area contributed by atoms with Crippen LogP contribution in [0.25, 0.3) is 10.8 Å². The van der Waals surface area contributed by atoms with Crippen LogP contribution >= 0.6 is 23.4 Å². The molecule has 3 aromatic rings. The van der Waals surface area contributed by atoms with Crippen LogP contribution in [-0.2, 0) is 0 Å². The van der Waals surface area contributed by atoms with Crippen LogP contribution < -0.4 is 5.56 Å². The molecule has 0 radical (unpaired) electrons. The molecule has 5 nitrogen and oxygen atoms in total. The van der Waals surface area contributed by atoms with Gasteiger partial charge in [0.2, 0.25) is 0 Å². The zero-order valence-corrected chi connectivity index (χ0v) is 12.0. The second-order valence-electron chi connectivity index (χ2n) is 4.14. The molecule has 100 valence electrons. The van der Waals surface area contributed by atoms with Crippen molar-refractivity contribution < 1.29 is 0 Å². The maximum absolute atomic E-state index is 11.5. The fourth-order valence-electron chi connectivity index (χ4n) is 1.81. The summed E-state index contributed by atoms with van der Waals surface area (Å²) >= 11 is 7.28. The van der Waals surface area contributed by atoms with Gasteiger partial charge in [-0.2, -0.15) is 0 Å². The van der Waals surface area contributed by atoms with Crippen LogP contribution in [0.5, 0.6) is 0 Å². The number of nitrogens with zero attached hydrogens (tertiary/aromatic N) is 3. The Morgan fingerprint density at radius 3 is 2.70 bits per heavy atom. The van der Waals surface area contributed by atoms with Gasteiger partial charge in [0.25, 0.3) is 5.56 Å². The van der Waals surface area contributed by atoms with Gasteiger partial charge in [0.15, 0.2) is 10.3 Å². The lowest BCUT2D eigenvalue weighted by molar-refractivity contribution is 0.893. The van der Waals surface area contributed by atoms with E-state index in [1.165, 1.54) is 17.8 Å². The van der Waals surface area contributed by atoms with E-state index in [0.29, 0.717) is 21.0 Å². The molecule has 0 spiro atoms. The third kappa shape index (κ3) is 2.52. The number of nitrogens with one attached hydrogen (secondary N) is 1. The maximum Gasteiger partial charge on any atom is 0.251 e. The Morgan fingerprint density at radius 1 is 1.20 bits per heavy atom. The van der Waals surface area contributed by atoms with E-state index >= 15 is 0 Å². The Bertz CT molecular complexity index is 849. The van der Waals surface area contributed by atoms with Gasteiger partial charge in [-0.3, -0.25) is 4.79 Å². The van der Waals surface area contributed by atoms with Gasteiger partial charge in [-0.05, 0) is 18.7 Å². The van der Waals surface area contributed by atoms with Gasteiger partial charge in [-0.25, -0.2) is 4.98 Å². The van der Waals surface area contributed by atoms with Crippen molar-refractivity contribution in [3.8, 4) is 0 Å². The van der Waals surface area contributed by atoms with Gasteiger partial charge >= 0.3 is 0 Å². The van der Waals surface area contributed by atoms with E-state index in [1.54, 1.807) is 6.92 Å². The Labute approximate surface area is 123 Å². The average molecular weight is 305 g/mol. The first kappa shape index (κ1) is 13.1. The summed E-state index contributed by atoms with van der Waals surface area (Å²) in [5.41, 5.74) is 0.466. The summed E-state index contributed by atoms with van der Waals surface area (Å²) in [5.74, 6) is 0. The van der Waals surface area contributed by atoms with Crippen molar-refractivity contribution in [1.82, 2.24) is 20.2 Å². The zero-order chi connectivity index (χ0) is 14.1. The summed E-state index contributed by atoms with van der Waals surface area (Å²) in [7, 11) is 0. The van der Waals surface area contributed by atoms with E-state index in [4.69, 9.17) is 11.6 Å². The number of aromatic amines is 1. The molecule has 0 aliphatic rings. The van der Waals surface area contributed by atoms with Crippen LogP contribution in [0.15, 0.2) is 45.3 Å². The van der Waals surface area contributed by atoms with E-state index in [0.717, 1.165) is 10.8 Å². The third-order valence-electron chi connectivity index (χ3n) is 2.65. The van der Waals surface area contributed by atoms with Crippen molar-refractivity contribution in [2.75, 3.05) is 0 Å². The van der Waals surface area contributed by atoms with Crippen molar-refractivity contribution in [3.63, 3.8) is 0 Å². The van der Waals surface area contributed by atoms with Crippen LogP contribution in [0.3, 0.4) is 0 Å². The minimum absolute atomic E-state index is 0.189. The molecule has 0 saturated carbocycles. The lowest BCUT2D eigenvalue weighted by atomic mass is 10.2. The van der Waals surface area contributed by atoms with Crippen molar-refractivity contribution >= 4 is 34.1 Å². The second kappa shape index (κ2) is 5.22. The van der Waals surface area contributed by atoms with Crippen molar-refractivity contribution in [2.45, 2.75) is 17.1 Å². The highest BCUT2D eigenvalue weighted by molar-refractivity contribution is 7.99. The number of benzene rings is 1. The van der Waals surface area contributed by atoms with Crippen LogP contribution in [0.1, 0.15) is 5.69 Å². The predicted octanol–water partition coefficient (Wildman–Crippen LogP) is 2.83. The number of halogens is 1. The third-order valence-corrected chi connectivity index (χ3v) is 3.81. The lowest BCUT2D eigenvalue weighted by Crippen LogP contribution is -2.08. The standard InChI is InChI=1S/C13H9ClN4OS/c1-7-6-10(19)16-13(15-7)20-12-9-5-3-2-4-8(9)11(14)17-18-12/h2-6H,1H3,(H,15,16,19). The van der Waals surface area contributed by atoms with Gasteiger partial charge in [-0.1, -0.05) is 35.9 Å². The smallest absolute Gasteiger partial charge is 0.251 e. The molecule has 1 aromatic carbocycles. The van der Waals surface area contributed by atoms with Crippen LogP contribution in [0, 0.1) is 6.92 Å². The fraction of sp³-hybridized carbons (Fsp3) is 0.0769. The van der Waals surface area contributed by atoms with Crippen molar-refractivity contribution in [2.24, 2.45) is 0 Å². The van der Waals surface area contributed by atoms with E-state index in [2.05, 4.69) is 20.2 Å². The first-order valence-corrected chi connectivity index (χ1v) is 6.99. The number of aromatic nitrogens is 4. The monoisotopic (exact) mass is 304 g/mol. The number of fused-ring (bicyclic) bond motifs is 1. The summed E-state index contributed by atoms with van der Waals surface area (Å²) in [6.45, 7) is 1.77. The molecule has 0 fully saturated rings. The first-order chi connectivity index (χ1) is 9.63. The average Bonchev–Trinajstić information content (AvgIpc) is 2.41. The van der Waals surface area contributed by atoms with Crippen molar-refractivity contribution in [1.29, 1.82) is 0 Å². The topological polar surface area (TPSA) is 71.5 Å². The van der Waals surface area contributed by atoms with Gasteiger partial charge < -0.3 is 4.98 Å². The van der Waals surface area contributed by atoms with E-state index in [1.807, 2.05) is 24.3 Å². The van der Waals surface area contributed by atoms with Crippen molar-refractivity contribution in [3.05, 3.63) is 51.5 Å². The molecule has 0 unspecified atom stereocenters. The van der Waals surface area contributed by atoms with Crippen LogP contribution in [-0.4, -0.2) is 20.2 Å². The van der Waals surface area contributed by atoms with E-state index in [9.17, 15) is 4.79 Å². The molecule has 0 bridgehead atoms. The molecule has 3 rings (SSSR count). The maximum atomic E-state index is 11.5. The van der Waals surface area contributed by atoms with Gasteiger partial charge in [0, 0.05) is 22.5 Å². The Hall–Kier alpha value is -1.92. The molecule has 20 heavy (non-hydrogen) atoms. The molecular weight excluding hydrogens is 296 g/mol. The number of hydrogen-bond donors (Lipinski definition) is 1. The summed E-state index contributed by atoms with van der Waals surface area (Å²) in [6.07, 6.45) is 0. The second-order valence-corrected chi connectivity index (χ2v) is 5.47. The molecule has 0 atom stereocenters. The molecule has 0 aliphatic heterocycles. The highest BCUT2D eigenvalue weighted by atomic mass is 35.5. The Kier molecular flexibility index (Phi) is 3.42. The van der Waals surface area contributed by atoms with Gasteiger partial charge in [-0.15, -0.1) is 10.2 Å².